The first-order valence-electron chi connectivity index (χ1n) is 4.28. The van der Waals surface area contributed by atoms with E-state index in [0.29, 0.717) is 6.42 Å². The van der Waals surface area contributed by atoms with Crippen molar-refractivity contribution in [2.24, 2.45) is 0 Å². The highest BCUT2D eigenvalue weighted by Gasteiger charge is 2.00. The lowest BCUT2D eigenvalue weighted by molar-refractivity contribution is -0.120. The summed E-state index contributed by atoms with van der Waals surface area (Å²) in [5.74, 6) is 0.131. The zero-order chi connectivity index (χ0) is 9.40. The minimum absolute atomic E-state index is 0.131. The average Bonchev–Trinajstić information content (AvgIpc) is 2.05. The first-order chi connectivity index (χ1) is 5.70. The summed E-state index contributed by atoms with van der Waals surface area (Å²) in [6.07, 6.45) is 4.68. The molecule has 0 aliphatic heterocycles. The van der Waals surface area contributed by atoms with Crippen molar-refractivity contribution in [3.05, 3.63) is 9.66 Å². The highest BCUT2D eigenvalue weighted by atomic mass is 127. The molecule has 70 valence electrons. The molecule has 0 fully saturated rings. The molecule has 0 radical (unpaired) electrons. The lowest BCUT2D eigenvalue weighted by atomic mass is 10.3. The van der Waals surface area contributed by atoms with Crippen LogP contribution in [0.4, 0.5) is 0 Å². The molecule has 0 aromatic carbocycles. The van der Waals surface area contributed by atoms with Gasteiger partial charge in [-0.1, -0.05) is 19.4 Å². The van der Waals surface area contributed by atoms with Crippen molar-refractivity contribution >= 4 is 28.5 Å². The van der Waals surface area contributed by atoms with Crippen LogP contribution >= 0.6 is 22.6 Å². The number of allylic oxidation sites excluding steroid dienone is 1. The molecule has 12 heavy (non-hydrogen) atoms. The number of hydrogen-bond acceptors (Lipinski definition) is 1. The van der Waals surface area contributed by atoms with Crippen LogP contribution in [0.15, 0.2) is 9.66 Å². The van der Waals surface area contributed by atoms with Gasteiger partial charge in [-0.2, -0.15) is 0 Å². The number of rotatable bonds is 5. The van der Waals surface area contributed by atoms with Gasteiger partial charge < -0.3 is 5.32 Å². The van der Waals surface area contributed by atoms with Gasteiger partial charge in [0.15, 0.2) is 0 Å². The van der Waals surface area contributed by atoms with Gasteiger partial charge in [0.25, 0.3) is 0 Å². The van der Waals surface area contributed by atoms with Crippen molar-refractivity contribution in [1.29, 1.82) is 0 Å². The first kappa shape index (κ1) is 11.9. The summed E-state index contributed by atoms with van der Waals surface area (Å²) in [5, 5.41) is 2.86. The summed E-state index contributed by atoms with van der Waals surface area (Å²) in [6, 6.07) is 0. The average molecular weight is 281 g/mol. The molecule has 0 aliphatic rings. The third kappa shape index (κ3) is 6.64. The molecule has 3 heteroatoms. The molecule has 0 rings (SSSR count). The third-order valence-electron chi connectivity index (χ3n) is 1.50. The lowest BCUT2D eigenvalue weighted by Crippen LogP contribution is -2.23. The van der Waals surface area contributed by atoms with Crippen LogP contribution < -0.4 is 5.32 Å². The van der Waals surface area contributed by atoms with Crippen molar-refractivity contribution in [3.63, 3.8) is 0 Å². The van der Waals surface area contributed by atoms with Gasteiger partial charge in [-0.05, 0) is 39.5 Å². The molecular weight excluding hydrogens is 265 g/mol. The fourth-order valence-electron chi connectivity index (χ4n) is 0.723. The van der Waals surface area contributed by atoms with Gasteiger partial charge in [0.2, 0.25) is 5.91 Å². The molecule has 0 unspecified atom stereocenters. The van der Waals surface area contributed by atoms with E-state index in [0.717, 1.165) is 23.0 Å². The van der Waals surface area contributed by atoms with Gasteiger partial charge in [0.1, 0.15) is 0 Å². The molecule has 0 aliphatic carbocycles. The van der Waals surface area contributed by atoms with Gasteiger partial charge in [-0.25, -0.2) is 0 Å². The number of halogens is 1. The molecule has 0 saturated heterocycles. The Hall–Kier alpha value is -0.0600. The Balaban J connectivity index is 3.47. The fraction of sp³-hybridized carbons (Fsp3) is 0.667. The molecule has 0 spiro atoms. The molecule has 0 bridgehead atoms. The van der Waals surface area contributed by atoms with Crippen molar-refractivity contribution in [1.82, 2.24) is 5.32 Å². The van der Waals surface area contributed by atoms with Crippen molar-refractivity contribution in [2.75, 3.05) is 6.54 Å². The van der Waals surface area contributed by atoms with Crippen LogP contribution in [0.25, 0.3) is 0 Å². The molecule has 0 saturated carbocycles. The Bertz CT molecular complexity index is 166. The summed E-state index contributed by atoms with van der Waals surface area (Å²) >= 11 is 2.18. The van der Waals surface area contributed by atoms with Crippen molar-refractivity contribution in [3.8, 4) is 0 Å². The minimum atomic E-state index is 0.131. The summed E-state index contributed by atoms with van der Waals surface area (Å²) in [4.78, 5) is 11.1. The van der Waals surface area contributed by atoms with Crippen LogP contribution in [0, 0.1) is 0 Å². The topological polar surface area (TPSA) is 29.1 Å². The number of amides is 1. The molecule has 0 heterocycles. The molecule has 1 N–H and O–H groups in total. The Kier molecular flexibility index (Phi) is 7.54. The standard InChI is InChI=1S/C9H16INO/c1-3-5-6-11-9(12)7-8(10)4-2/h4H,3,5-7H2,1-2H3,(H,11,12)/b8-4-. The lowest BCUT2D eigenvalue weighted by Gasteiger charge is -2.02. The van der Waals surface area contributed by atoms with E-state index in [9.17, 15) is 4.79 Å². The van der Waals surface area contributed by atoms with E-state index in [4.69, 9.17) is 0 Å². The number of hydrogen-bond donors (Lipinski definition) is 1. The number of carbonyl (C=O) groups is 1. The second kappa shape index (κ2) is 7.58. The molecule has 2 nitrogen and oxygen atoms in total. The van der Waals surface area contributed by atoms with E-state index < -0.39 is 0 Å². The number of unbranched alkanes of at least 4 members (excludes halogenated alkanes) is 1. The van der Waals surface area contributed by atoms with E-state index >= 15 is 0 Å². The fourth-order valence-corrected chi connectivity index (χ4v) is 1.07. The van der Waals surface area contributed by atoms with E-state index in [1.807, 2.05) is 13.0 Å². The zero-order valence-electron chi connectivity index (χ0n) is 7.69. The van der Waals surface area contributed by atoms with Crippen molar-refractivity contribution in [2.45, 2.75) is 33.1 Å². The van der Waals surface area contributed by atoms with Crippen molar-refractivity contribution < 1.29 is 4.79 Å². The Morgan fingerprint density at radius 2 is 2.25 bits per heavy atom. The number of carbonyl (C=O) groups excluding carboxylic acids is 1. The minimum Gasteiger partial charge on any atom is -0.356 e. The molecule has 1 amide bonds. The van der Waals surface area contributed by atoms with Gasteiger partial charge in [0.05, 0.1) is 6.42 Å². The SMILES string of the molecule is C/C=C(\I)CC(=O)NCCCC. The predicted octanol–water partition coefficient (Wildman–Crippen LogP) is 2.63. The van der Waals surface area contributed by atoms with Crippen LogP contribution in [0.2, 0.25) is 0 Å². The maximum absolute atomic E-state index is 11.1. The maximum atomic E-state index is 11.1. The van der Waals surface area contributed by atoms with Crippen LogP contribution in [-0.4, -0.2) is 12.5 Å². The highest BCUT2D eigenvalue weighted by Crippen LogP contribution is 2.09. The van der Waals surface area contributed by atoms with Crippen LogP contribution in [-0.2, 0) is 4.79 Å². The van der Waals surface area contributed by atoms with E-state index in [1.54, 1.807) is 0 Å². The van der Waals surface area contributed by atoms with E-state index in [1.165, 1.54) is 0 Å². The summed E-state index contributed by atoms with van der Waals surface area (Å²) < 4.78 is 1.10. The quantitative estimate of drug-likeness (QED) is 0.609. The normalized spacial score (nSPS) is 11.4. The summed E-state index contributed by atoms with van der Waals surface area (Å²) in [6.45, 7) is 4.87. The first-order valence-corrected chi connectivity index (χ1v) is 5.36. The van der Waals surface area contributed by atoms with Crippen LogP contribution in [0.5, 0.6) is 0 Å². The highest BCUT2D eigenvalue weighted by molar-refractivity contribution is 14.1. The summed E-state index contributed by atoms with van der Waals surface area (Å²) in [5.41, 5.74) is 0. The zero-order valence-corrected chi connectivity index (χ0v) is 9.85. The van der Waals surface area contributed by atoms with Crippen LogP contribution in [0.1, 0.15) is 33.1 Å². The van der Waals surface area contributed by atoms with Gasteiger partial charge in [0, 0.05) is 6.54 Å². The Morgan fingerprint density at radius 3 is 2.75 bits per heavy atom. The Morgan fingerprint density at radius 1 is 1.58 bits per heavy atom. The largest absolute Gasteiger partial charge is 0.356 e. The monoisotopic (exact) mass is 281 g/mol. The van der Waals surface area contributed by atoms with Crippen LogP contribution in [0.3, 0.4) is 0 Å². The molecule has 0 aromatic rings. The number of nitrogens with one attached hydrogen (secondary N) is 1. The van der Waals surface area contributed by atoms with Gasteiger partial charge >= 0.3 is 0 Å². The van der Waals surface area contributed by atoms with Gasteiger partial charge in [-0.15, -0.1) is 0 Å². The second-order valence-corrected chi connectivity index (χ2v) is 4.00. The summed E-state index contributed by atoms with van der Waals surface area (Å²) in [7, 11) is 0. The maximum Gasteiger partial charge on any atom is 0.224 e. The molecule has 0 atom stereocenters. The second-order valence-electron chi connectivity index (χ2n) is 2.62. The van der Waals surface area contributed by atoms with E-state index in [2.05, 4.69) is 34.8 Å². The van der Waals surface area contributed by atoms with E-state index in [-0.39, 0.29) is 5.91 Å². The molecular formula is C9H16INO. The Labute approximate surface area is 87.9 Å². The molecule has 0 aromatic heterocycles. The smallest absolute Gasteiger partial charge is 0.224 e. The third-order valence-corrected chi connectivity index (χ3v) is 2.50. The van der Waals surface area contributed by atoms with Gasteiger partial charge in [-0.3, -0.25) is 4.79 Å². The predicted molar refractivity (Wildman–Crippen MR) is 60.3 cm³/mol.